The van der Waals surface area contributed by atoms with Gasteiger partial charge in [0.15, 0.2) is 0 Å². The minimum absolute atomic E-state index is 0.222. The van der Waals surface area contributed by atoms with Gasteiger partial charge in [0, 0.05) is 0 Å². The van der Waals surface area contributed by atoms with E-state index < -0.39 is 0 Å². The Balaban J connectivity index is 4.19. The topological polar surface area (TPSA) is 40.5 Å². The highest BCUT2D eigenvalue weighted by Crippen LogP contribution is 2.08. The molecule has 13 heavy (non-hydrogen) atoms. The highest BCUT2D eigenvalue weighted by molar-refractivity contribution is 4.43. The summed E-state index contributed by atoms with van der Waals surface area (Å²) in [4.78, 5) is 0. The van der Waals surface area contributed by atoms with Crippen LogP contribution < -0.4 is 0 Å². The van der Waals surface area contributed by atoms with E-state index in [1.807, 2.05) is 0 Å². The molecule has 0 aromatic carbocycles. The minimum Gasteiger partial charge on any atom is -0.391 e. The summed E-state index contributed by atoms with van der Waals surface area (Å²) in [5.41, 5.74) is 0. The molecule has 0 aromatic rings. The first-order valence-corrected chi connectivity index (χ1v) is 5.31. The van der Waals surface area contributed by atoms with Crippen molar-refractivity contribution in [1.82, 2.24) is 0 Å². The number of nitrogens with zero attached hydrogens (tertiary/aromatic N) is 1. The number of rotatable bonds is 8. The number of hydrogen-bond acceptors (Lipinski definition) is 2. The maximum absolute atomic E-state index is 8.98. The summed E-state index contributed by atoms with van der Waals surface area (Å²) in [7, 11) is 0. The van der Waals surface area contributed by atoms with Gasteiger partial charge in [0.2, 0.25) is 0 Å². The molecule has 3 heteroatoms. The molecule has 80 valence electrons. The van der Waals surface area contributed by atoms with Crippen molar-refractivity contribution in [3.8, 4) is 0 Å². The van der Waals surface area contributed by atoms with E-state index in [4.69, 9.17) is 10.2 Å². The first-order chi connectivity index (χ1) is 6.24. The Bertz CT molecular complexity index is 88.0. The van der Waals surface area contributed by atoms with Crippen LogP contribution in [0.1, 0.15) is 26.7 Å². The highest BCUT2D eigenvalue weighted by atomic mass is 16.3. The van der Waals surface area contributed by atoms with E-state index in [0.717, 1.165) is 43.5 Å². The van der Waals surface area contributed by atoms with Crippen molar-refractivity contribution in [2.24, 2.45) is 0 Å². The van der Waals surface area contributed by atoms with Gasteiger partial charge in [-0.2, -0.15) is 0 Å². The maximum Gasteiger partial charge on any atom is 0.102 e. The summed E-state index contributed by atoms with van der Waals surface area (Å²) < 4.78 is 0.875. The predicted octanol–water partition coefficient (Wildman–Crippen LogP) is 0.608. The molecule has 0 aliphatic heterocycles. The van der Waals surface area contributed by atoms with Crippen LogP contribution in [0.3, 0.4) is 0 Å². The van der Waals surface area contributed by atoms with Crippen molar-refractivity contribution in [3.63, 3.8) is 0 Å². The summed E-state index contributed by atoms with van der Waals surface area (Å²) in [6.07, 6.45) is 2.22. The van der Waals surface area contributed by atoms with Gasteiger partial charge in [-0.15, -0.1) is 0 Å². The lowest BCUT2D eigenvalue weighted by Gasteiger charge is -2.37. The lowest BCUT2D eigenvalue weighted by atomic mass is 10.2. The van der Waals surface area contributed by atoms with Gasteiger partial charge in [0.05, 0.1) is 26.3 Å². The Kier molecular flexibility index (Phi) is 7.23. The lowest BCUT2D eigenvalue weighted by molar-refractivity contribution is -0.928. The third kappa shape index (κ3) is 4.60. The number of aliphatic hydroxyl groups excluding tert-OH is 2. The fraction of sp³-hybridized carbons (Fsp3) is 1.00. The second-order valence-corrected chi connectivity index (χ2v) is 3.68. The summed E-state index contributed by atoms with van der Waals surface area (Å²) >= 11 is 0. The Morgan fingerprint density at radius 2 is 1.15 bits per heavy atom. The number of quaternary nitrogens is 1. The summed E-state index contributed by atoms with van der Waals surface area (Å²) in [6, 6.07) is 0. The van der Waals surface area contributed by atoms with Crippen LogP contribution in [-0.4, -0.2) is 54.1 Å². The average molecular weight is 190 g/mol. The molecule has 0 fully saturated rings. The van der Waals surface area contributed by atoms with Gasteiger partial charge in [0.1, 0.15) is 13.1 Å². The van der Waals surface area contributed by atoms with E-state index in [1.54, 1.807) is 0 Å². The lowest BCUT2D eigenvalue weighted by Crippen LogP contribution is -2.52. The molecule has 0 bridgehead atoms. The molecule has 3 nitrogen and oxygen atoms in total. The molecule has 0 atom stereocenters. The molecule has 0 heterocycles. The van der Waals surface area contributed by atoms with Crippen LogP contribution in [0.2, 0.25) is 0 Å². The van der Waals surface area contributed by atoms with Gasteiger partial charge in [-0.1, -0.05) is 13.8 Å². The highest BCUT2D eigenvalue weighted by Gasteiger charge is 2.23. The smallest absolute Gasteiger partial charge is 0.102 e. The first kappa shape index (κ1) is 12.9. The van der Waals surface area contributed by atoms with Gasteiger partial charge in [-0.25, -0.2) is 0 Å². The van der Waals surface area contributed by atoms with Crippen LogP contribution in [0.25, 0.3) is 0 Å². The summed E-state index contributed by atoms with van der Waals surface area (Å²) in [5, 5.41) is 18.0. The quantitative estimate of drug-likeness (QED) is 0.551. The van der Waals surface area contributed by atoms with Crippen LogP contribution in [0.5, 0.6) is 0 Å². The van der Waals surface area contributed by atoms with E-state index >= 15 is 0 Å². The van der Waals surface area contributed by atoms with Crippen LogP contribution in [-0.2, 0) is 0 Å². The summed E-state index contributed by atoms with van der Waals surface area (Å²) in [6.45, 7) is 8.43. The molecule has 0 rings (SSSR count). The molecule has 0 spiro atoms. The Hall–Kier alpha value is -0.120. The van der Waals surface area contributed by atoms with E-state index in [9.17, 15) is 0 Å². The van der Waals surface area contributed by atoms with Crippen molar-refractivity contribution in [2.45, 2.75) is 26.7 Å². The molecule has 0 saturated heterocycles. The van der Waals surface area contributed by atoms with Crippen LogP contribution >= 0.6 is 0 Å². The van der Waals surface area contributed by atoms with Crippen LogP contribution in [0.15, 0.2) is 0 Å². The molecule has 0 unspecified atom stereocenters. The molecular formula is C10H24NO2+. The van der Waals surface area contributed by atoms with Crippen molar-refractivity contribution >= 4 is 0 Å². The largest absolute Gasteiger partial charge is 0.391 e. The zero-order valence-electron chi connectivity index (χ0n) is 9.00. The van der Waals surface area contributed by atoms with Crippen molar-refractivity contribution in [2.75, 3.05) is 39.4 Å². The minimum atomic E-state index is 0.222. The molecule has 0 radical (unpaired) electrons. The second-order valence-electron chi connectivity index (χ2n) is 3.68. The van der Waals surface area contributed by atoms with Gasteiger partial charge in [0.25, 0.3) is 0 Å². The average Bonchev–Trinajstić information content (AvgIpc) is 2.06. The Morgan fingerprint density at radius 1 is 0.769 bits per heavy atom. The van der Waals surface area contributed by atoms with E-state index in [2.05, 4.69) is 13.8 Å². The zero-order chi connectivity index (χ0) is 10.2. The van der Waals surface area contributed by atoms with Gasteiger partial charge >= 0.3 is 0 Å². The van der Waals surface area contributed by atoms with Gasteiger partial charge < -0.3 is 14.7 Å². The number of hydrogen-bond donors (Lipinski definition) is 2. The van der Waals surface area contributed by atoms with Crippen molar-refractivity contribution in [3.05, 3.63) is 0 Å². The SMILES string of the molecule is CCC[N+](CCC)(CCO)CCO. The third-order valence-corrected chi connectivity index (χ3v) is 2.54. The molecule has 0 aromatic heterocycles. The van der Waals surface area contributed by atoms with Crippen molar-refractivity contribution < 1.29 is 14.7 Å². The third-order valence-electron chi connectivity index (χ3n) is 2.54. The molecule has 0 aliphatic carbocycles. The first-order valence-electron chi connectivity index (χ1n) is 5.31. The second kappa shape index (κ2) is 7.30. The number of aliphatic hydroxyl groups is 2. The Labute approximate surface area is 81.6 Å². The predicted molar refractivity (Wildman–Crippen MR) is 54.5 cm³/mol. The molecule has 0 saturated carbocycles. The van der Waals surface area contributed by atoms with Crippen LogP contribution in [0.4, 0.5) is 0 Å². The zero-order valence-corrected chi connectivity index (χ0v) is 9.00. The van der Waals surface area contributed by atoms with Gasteiger partial charge in [-0.3, -0.25) is 0 Å². The van der Waals surface area contributed by atoms with E-state index in [0.29, 0.717) is 0 Å². The molecule has 0 amide bonds. The van der Waals surface area contributed by atoms with Crippen LogP contribution in [0, 0.1) is 0 Å². The summed E-state index contributed by atoms with van der Waals surface area (Å²) in [5.74, 6) is 0. The maximum atomic E-state index is 8.98. The molecular weight excluding hydrogens is 166 g/mol. The fourth-order valence-electron chi connectivity index (χ4n) is 2.04. The van der Waals surface area contributed by atoms with E-state index in [1.165, 1.54) is 0 Å². The standard InChI is InChI=1S/C10H24NO2/c1-3-5-11(6-4-2,7-9-12)8-10-13/h12-13H,3-10H2,1-2H3/q+1. The molecule has 0 aliphatic rings. The molecule has 2 N–H and O–H groups in total. The Morgan fingerprint density at radius 3 is 1.38 bits per heavy atom. The fourth-order valence-corrected chi connectivity index (χ4v) is 2.04. The van der Waals surface area contributed by atoms with E-state index in [-0.39, 0.29) is 13.2 Å². The van der Waals surface area contributed by atoms with Crippen molar-refractivity contribution in [1.29, 1.82) is 0 Å². The normalized spacial score (nSPS) is 12.0. The monoisotopic (exact) mass is 190 g/mol. The van der Waals surface area contributed by atoms with Gasteiger partial charge in [-0.05, 0) is 12.8 Å².